The van der Waals surface area contributed by atoms with E-state index in [1.54, 1.807) is 6.07 Å². The fourth-order valence-corrected chi connectivity index (χ4v) is 4.07. The summed E-state index contributed by atoms with van der Waals surface area (Å²) >= 11 is 0. The van der Waals surface area contributed by atoms with Crippen molar-refractivity contribution in [2.24, 2.45) is 5.73 Å². The number of anilines is 2. The minimum absolute atomic E-state index is 0.0777. The number of carbonyl (C=O) groups is 1. The normalized spacial score (nSPS) is 21.3. The molecule has 1 atom stereocenters. The van der Waals surface area contributed by atoms with Crippen LogP contribution >= 0.6 is 0 Å². The van der Waals surface area contributed by atoms with Gasteiger partial charge in [-0.2, -0.15) is 0 Å². The molecule has 0 saturated carbocycles. The van der Waals surface area contributed by atoms with Crippen LogP contribution in [0.5, 0.6) is 0 Å². The lowest BCUT2D eigenvalue weighted by molar-refractivity contribution is 0.1000. The van der Waals surface area contributed by atoms with E-state index < -0.39 is 5.91 Å². The van der Waals surface area contributed by atoms with E-state index in [0.29, 0.717) is 5.56 Å². The Morgan fingerprint density at radius 3 is 2.78 bits per heavy atom. The molecule has 1 fully saturated rings. The van der Waals surface area contributed by atoms with Crippen molar-refractivity contribution in [1.82, 2.24) is 4.98 Å². The largest absolute Gasteiger partial charge is 0.378 e. The van der Waals surface area contributed by atoms with E-state index >= 15 is 0 Å². The number of amides is 1. The molecule has 0 spiro atoms. The minimum Gasteiger partial charge on any atom is -0.378 e. The number of nitrogens with one attached hydrogen (secondary N) is 1. The van der Waals surface area contributed by atoms with Crippen LogP contribution < -0.4 is 16.0 Å². The lowest BCUT2D eigenvalue weighted by Gasteiger charge is -2.39. The summed E-state index contributed by atoms with van der Waals surface area (Å²) in [4.78, 5) is 18.4. The molecule has 142 valence electrons. The number of hydrogen-bond donors (Lipinski definition) is 2. The summed E-state index contributed by atoms with van der Waals surface area (Å²) in [6.45, 7) is 7.73. The molecule has 1 saturated heterocycles. The van der Waals surface area contributed by atoms with E-state index in [1.165, 1.54) is 5.56 Å². The third-order valence-electron chi connectivity index (χ3n) is 5.60. The molecule has 0 bridgehead atoms. The Labute approximate surface area is 159 Å². The molecule has 4 rings (SSSR count). The minimum atomic E-state index is -0.391. The Morgan fingerprint density at radius 1 is 1.26 bits per heavy atom. The van der Waals surface area contributed by atoms with E-state index in [4.69, 9.17) is 10.5 Å². The number of nitrogens with two attached hydrogens (primary N) is 1. The quantitative estimate of drug-likeness (QED) is 0.873. The second-order valence-corrected chi connectivity index (χ2v) is 7.99. The third kappa shape index (κ3) is 3.49. The van der Waals surface area contributed by atoms with Crippen molar-refractivity contribution in [2.75, 3.05) is 36.5 Å². The highest BCUT2D eigenvalue weighted by Crippen LogP contribution is 2.44. The van der Waals surface area contributed by atoms with Crippen molar-refractivity contribution in [1.29, 1.82) is 0 Å². The predicted molar refractivity (Wildman–Crippen MR) is 106 cm³/mol. The number of fused-ring (bicyclic) bond motifs is 1. The first kappa shape index (κ1) is 17.8. The molecule has 27 heavy (non-hydrogen) atoms. The molecule has 0 aliphatic carbocycles. The standard InChI is InChI=1S/C21H26N4O2/c1-21(2)11-19(24-18-4-3-14(20(22)26)10-17(18)21)15-9-16(13-23-12-15)25-5-7-27-8-6-25/h3-4,9-10,12-13,19,24H,5-8,11H2,1-2H3,(H2,22,26). The van der Waals surface area contributed by atoms with Crippen LogP contribution in [0, 0.1) is 0 Å². The Hall–Kier alpha value is -2.60. The van der Waals surface area contributed by atoms with E-state index in [0.717, 1.165) is 49.7 Å². The van der Waals surface area contributed by atoms with Crippen molar-refractivity contribution in [3.05, 3.63) is 53.3 Å². The average molecular weight is 366 g/mol. The van der Waals surface area contributed by atoms with E-state index in [1.807, 2.05) is 24.5 Å². The molecule has 0 radical (unpaired) electrons. The smallest absolute Gasteiger partial charge is 0.248 e. The third-order valence-corrected chi connectivity index (χ3v) is 5.60. The number of primary amides is 1. The zero-order chi connectivity index (χ0) is 19.0. The van der Waals surface area contributed by atoms with Gasteiger partial charge < -0.3 is 20.7 Å². The van der Waals surface area contributed by atoms with E-state index in [9.17, 15) is 4.79 Å². The van der Waals surface area contributed by atoms with E-state index in [2.05, 4.69) is 35.1 Å². The van der Waals surface area contributed by atoms with Gasteiger partial charge in [0, 0.05) is 30.5 Å². The molecule has 2 aliphatic rings. The van der Waals surface area contributed by atoms with Crippen LogP contribution in [-0.2, 0) is 10.2 Å². The molecule has 3 heterocycles. The number of hydrogen-bond acceptors (Lipinski definition) is 5. The second kappa shape index (κ2) is 6.85. The first-order valence-electron chi connectivity index (χ1n) is 9.42. The molecule has 1 aromatic heterocycles. The number of benzene rings is 1. The fourth-order valence-electron chi connectivity index (χ4n) is 4.07. The maximum atomic E-state index is 11.6. The molecule has 6 nitrogen and oxygen atoms in total. The van der Waals surface area contributed by atoms with Crippen LogP contribution in [0.15, 0.2) is 36.7 Å². The Bertz CT molecular complexity index is 859. The Kier molecular flexibility index (Phi) is 4.52. The summed E-state index contributed by atoms with van der Waals surface area (Å²) < 4.78 is 5.45. The van der Waals surface area contributed by atoms with Gasteiger partial charge in [0.2, 0.25) is 5.91 Å². The lowest BCUT2D eigenvalue weighted by Crippen LogP contribution is -2.36. The summed E-state index contributed by atoms with van der Waals surface area (Å²) in [7, 11) is 0. The highest BCUT2D eigenvalue weighted by Gasteiger charge is 2.34. The fraction of sp³-hybridized carbons (Fsp3) is 0.429. The molecular formula is C21H26N4O2. The monoisotopic (exact) mass is 366 g/mol. The molecule has 1 aromatic carbocycles. The van der Waals surface area contributed by atoms with Gasteiger partial charge in [-0.3, -0.25) is 9.78 Å². The molecule has 3 N–H and O–H groups in total. The van der Waals surface area contributed by atoms with Crippen molar-refractivity contribution >= 4 is 17.3 Å². The summed E-state index contributed by atoms with van der Waals surface area (Å²) in [6.07, 6.45) is 4.78. The number of rotatable bonds is 3. The maximum Gasteiger partial charge on any atom is 0.248 e. The number of carbonyl (C=O) groups excluding carboxylic acids is 1. The van der Waals surface area contributed by atoms with Crippen LogP contribution in [0.25, 0.3) is 0 Å². The number of ether oxygens (including phenoxy) is 1. The lowest BCUT2D eigenvalue weighted by atomic mass is 9.74. The first-order chi connectivity index (χ1) is 12.9. The predicted octanol–water partition coefficient (Wildman–Crippen LogP) is 2.85. The van der Waals surface area contributed by atoms with Gasteiger partial charge in [-0.15, -0.1) is 0 Å². The van der Waals surface area contributed by atoms with Crippen LogP contribution in [0.4, 0.5) is 11.4 Å². The van der Waals surface area contributed by atoms with Crippen molar-refractivity contribution in [3.8, 4) is 0 Å². The van der Waals surface area contributed by atoms with Crippen LogP contribution in [0.2, 0.25) is 0 Å². The summed E-state index contributed by atoms with van der Waals surface area (Å²) in [5.41, 5.74) is 10.4. The molecule has 1 amide bonds. The van der Waals surface area contributed by atoms with Crippen molar-refractivity contribution < 1.29 is 9.53 Å². The van der Waals surface area contributed by atoms with Gasteiger partial charge >= 0.3 is 0 Å². The van der Waals surface area contributed by atoms with Gasteiger partial charge in [-0.05, 0) is 47.2 Å². The SMILES string of the molecule is CC1(C)CC(c2cncc(N3CCOCC3)c2)Nc2ccc(C(N)=O)cc21. The van der Waals surface area contributed by atoms with Gasteiger partial charge in [0.15, 0.2) is 0 Å². The van der Waals surface area contributed by atoms with Crippen molar-refractivity contribution in [3.63, 3.8) is 0 Å². The van der Waals surface area contributed by atoms with Gasteiger partial charge in [-0.25, -0.2) is 0 Å². The summed E-state index contributed by atoms with van der Waals surface area (Å²) in [5.74, 6) is -0.391. The van der Waals surface area contributed by atoms with Crippen LogP contribution in [0.3, 0.4) is 0 Å². The Morgan fingerprint density at radius 2 is 2.04 bits per heavy atom. The highest BCUT2D eigenvalue weighted by atomic mass is 16.5. The average Bonchev–Trinajstić information content (AvgIpc) is 2.68. The molecule has 2 aromatic rings. The van der Waals surface area contributed by atoms with E-state index in [-0.39, 0.29) is 11.5 Å². The number of pyridine rings is 1. The Balaban J connectivity index is 1.63. The molecular weight excluding hydrogens is 340 g/mol. The first-order valence-corrected chi connectivity index (χ1v) is 9.42. The number of nitrogens with zero attached hydrogens (tertiary/aromatic N) is 2. The van der Waals surface area contributed by atoms with Crippen LogP contribution in [0.1, 0.15) is 47.8 Å². The zero-order valence-electron chi connectivity index (χ0n) is 15.9. The summed E-state index contributed by atoms with van der Waals surface area (Å²) in [6, 6.07) is 8.07. The summed E-state index contributed by atoms with van der Waals surface area (Å²) in [5, 5.41) is 3.63. The second-order valence-electron chi connectivity index (χ2n) is 7.99. The molecule has 1 unspecified atom stereocenters. The highest BCUT2D eigenvalue weighted by molar-refractivity contribution is 5.93. The molecule has 6 heteroatoms. The zero-order valence-corrected chi connectivity index (χ0v) is 15.9. The van der Waals surface area contributed by atoms with Gasteiger partial charge in [0.05, 0.1) is 31.1 Å². The van der Waals surface area contributed by atoms with Gasteiger partial charge in [0.25, 0.3) is 0 Å². The van der Waals surface area contributed by atoms with Crippen LogP contribution in [-0.4, -0.2) is 37.2 Å². The number of morpholine rings is 1. The maximum absolute atomic E-state index is 11.6. The van der Waals surface area contributed by atoms with Crippen molar-refractivity contribution in [2.45, 2.75) is 31.7 Å². The van der Waals surface area contributed by atoms with Gasteiger partial charge in [0.1, 0.15) is 0 Å². The van der Waals surface area contributed by atoms with Gasteiger partial charge in [-0.1, -0.05) is 13.8 Å². The topological polar surface area (TPSA) is 80.5 Å². The number of aromatic nitrogens is 1. The molecule has 2 aliphatic heterocycles.